The van der Waals surface area contributed by atoms with Gasteiger partial charge in [-0.05, 0) is 55.9 Å². The number of ether oxygens (including phenoxy) is 1. The standard InChI is InChI=1S/C26H30N4O4S2/c1-15-6-7-16(2)20(11-15)27-22(32)14-35-26-28-24-23(25(33)30(26)12-18-5-4-10-34-18)19-8-9-29(17(3)31)13-21(19)36-24/h6-7,11,18H,4-5,8-10,12-14H2,1-3H3,(H,27,32)/t18-/m1/s1. The van der Waals surface area contributed by atoms with Crippen molar-refractivity contribution < 1.29 is 14.3 Å². The summed E-state index contributed by atoms with van der Waals surface area (Å²) in [6.45, 7) is 7.76. The summed E-state index contributed by atoms with van der Waals surface area (Å²) in [4.78, 5) is 46.9. The predicted molar refractivity (Wildman–Crippen MR) is 143 cm³/mol. The number of hydrogen-bond donors (Lipinski definition) is 1. The molecule has 2 aliphatic heterocycles. The molecular formula is C26H30N4O4S2. The van der Waals surface area contributed by atoms with Crippen molar-refractivity contribution in [3.8, 4) is 0 Å². The Morgan fingerprint density at radius 2 is 2.14 bits per heavy atom. The molecule has 4 heterocycles. The van der Waals surface area contributed by atoms with E-state index in [-0.39, 0.29) is 29.2 Å². The van der Waals surface area contributed by atoms with Gasteiger partial charge >= 0.3 is 0 Å². The van der Waals surface area contributed by atoms with Crippen LogP contribution in [-0.2, 0) is 33.8 Å². The van der Waals surface area contributed by atoms with E-state index in [0.29, 0.717) is 48.0 Å². The van der Waals surface area contributed by atoms with Gasteiger partial charge in [0.05, 0.1) is 30.3 Å². The number of fused-ring (bicyclic) bond motifs is 3. The number of nitrogens with one attached hydrogen (secondary N) is 1. The number of rotatable bonds is 6. The highest BCUT2D eigenvalue weighted by molar-refractivity contribution is 7.99. The van der Waals surface area contributed by atoms with Crippen LogP contribution in [0.4, 0.5) is 5.69 Å². The number of amides is 2. The summed E-state index contributed by atoms with van der Waals surface area (Å²) in [5.41, 5.74) is 3.79. The van der Waals surface area contributed by atoms with Crippen LogP contribution in [0.2, 0.25) is 0 Å². The van der Waals surface area contributed by atoms with Crippen LogP contribution in [0, 0.1) is 13.8 Å². The van der Waals surface area contributed by atoms with Gasteiger partial charge in [-0.15, -0.1) is 11.3 Å². The minimum Gasteiger partial charge on any atom is -0.376 e. The van der Waals surface area contributed by atoms with Crippen molar-refractivity contribution >= 4 is 50.8 Å². The molecule has 36 heavy (non-hydrogen) atoms. The second-order valence-corrected chi connectivity index (χ2v) is 11.5. The van der Waals surface area contributed by atoms with Crippen LogP contribution in [0.25, 0.3) is 10.2 Å². The van der Waals surface area contributed by atoms with E-state index >= 15 is 0 Å². The summed E-state index contributed by atoms with van der Waals surface area (Å²) in [6, 6.07) is 5.95. The van der Waals surface area contributed by atoms with Gasteiger partial charge in [-0.25, -0.2) is 4.98 Å². The maximum atomic E-state index is 13.8. The summed E-state index contributed by atoms with van der Waals surface area (Å²) >= 11 is 2.75. The molecule has 0 saturated carbocycles. The zero-order valence-corrected chi connectivity index (χ0v) is 22.4. The van der Waals surface area contributed by atoms with Crippen molar-refractivity contribution in [1.82, 2.24) is 14.5 Å². The Morgan fingerprint density at radius 3 is 2.89 bits per heavy atom. The maximum Gasteiger partial charge on any atom is 0.263 e. The first kappa shape index (κ1) is 25.0. The van der Waals surface area contributed by atoms with E-state index in [1.165, 1.54) is 23.1 Å². The molecule has 0 radical (unpaired) electrons. The third-order valence-corrected chi connectivity index (χ3v) is 8.87. The lowest BCUT2D eigenvalue weighted by Crippen LogP contribution is -2.34. The topological polar surface area (TPSA) is 93.5 Å². The zero-order valence-electron chi connectivity index (χ0n) is 20.8. The lowest BCUT2D eigenvalue weighted by molar-refractivity contribution is -0.129. The molecule has 10 heteroatoms. The normalized spacial score (nSPS) is 17.4. The average molecular weight is 527 g/mol. The van der Waals surface area contributed by atoms with Crippen LogP contribution in [0.1, 0.15) is 41.3 Å². The van der Waals surface area contributed by atoms with E-state index in [0.717, 1.165) is 40.1 Å². The Morgan fingerprint density at radius 1 is 1.31 bits per heavy atom. The van der Waals surface area contributed by atoms with E-state index in [9.17, 15) is 14.4 Å². The van der Waals surface area contributed by atoms with Crippen molar-refractivity contribution in [2.75, 3.05) is 24.2 Å². The smallest absolute Gasteiger partial charge is 0.263 e. The summed E-state index contributed by atoms with van der Waals surface area (Å²) in [6.07, 6.45) is 2.49. The molecule has 1 fully saturated rings. The van der Waals surface area contributed by atoms with Gasteiger partial charge in [0.1, 0.15) is 4.83 Å². The van der Waals surface area contributed by atoms with E-state index in [2.05, 4.69) is 5.32 Å². The fourth-order valence-electron chi connectivity index (χ4n) is 4.78. The van der Waals surface area contributed by atoms with Crippen molar-refractivity contribution in [2.24, 2.45) is 0 Å². The molecule has 3 aromatic rings. The van der Waals surface area contributed by atoms with Crippen LogP contribution < -0.4 is 10.9 Å². The molecule has 2 aliphatic rings. The molecular weight excluding hydrogens is 496 g/mol. The summed E-state index contributed by atoms with van der Waals surface area (Å²) in [5, 5.41) is 4.17. The summed E-state index contributed by atoms with van der Waals surface area (Å²) < 4.78 is 7.52. The van der Waals surface area contributed by atoms with Crippen LogP contribution >= 0.6 is 23.1 Å². The number of nitrogens with zero attached hydrogens (tertiary/aromatic N) is 3. The van der Waals surface area contributed by atoms with Crippen molar-refractivity contribution in [2.45, 2.75) is 64.4 Å². The number of thiophene rings is 1. The predicted octanol–water partition coefficient (Wildman–Crippen LogP) is 3.89. The first-order chi connectivity index (χ1) is 17.3. The molecule has 8 nitrogen and oxygen atoms in total. The third-order valence-electron chi connectivity index (χ3n) is 6.78. The maximum absolute atomic E-state index is 13.8. The molecule has 1 aromatic carbocycles. The Hall–Kier alpha value is -2.69. The van der Waals surface area contributed by atoms with Crippen LogP contribution in [0.5, 0.6) is 0 Å². The molecule has 0 spiro atoms. The van der Waals surface area contributed by atoms with E-state index in [1.54, 1.807) is 16.4 Å². The monoisotopic (exact) mass is 526 g/mol. The largest absolute Gasteiger partial charge is 0.376 e. The fraction of sp³-hybridized carbons (Fsp3) is 0.462. The first-order valence-electron chi connectivity index (χ1n) is 12.2. The molecule has 1 saturated heterocycles. The second-order valence-electron chi connectivity index (χ2n) is 9.47. The number of carbonyl (C=O) groups excluding carboxylic acids is 2. The zero-order chi connectivity index (χ0) is 25.4. The summed E-state index contributed by atoms with van der Waals surface area (Å²) in [5.74, 6) is 0.0299. The number of aromatic nitrogens is 2. The van der Waals surface area contributed by atoms with E-state index < -0.39 is 0 Å². The SMILES string of the molecule is CC(=O)N1CCc2c(sc3nc(SCC(=O)Nc4cc(C)ccc4C)n(C[C@H]4CCCO4)c(=O)c23)C1. The van der Waals surface area contributed by atoms with E-state index in [4.69, 9.17) is 9.72 Å². The molecule has 2 aromatic heterocycles. The second kappa shape index (κ2) is 10.4. The van der Waals surface area contributed by atoms with Gasteiger partial charge in [-0.1, -0.05) is 23.9 Å². The first-order valence-corrected chi connectivity index (χ1v) is 14.0. The number of thioether (sulfide) groups is 1. The van der Waals surface area contributed by atoms with Crippen LogP contribution in [-0.4, -0.2) is 51.3 Å². The average Bonchev–Trinajstić information content (AvgIpc) is 3.49. The number of hydrogen-bond acceptors (Lipinski definition) is 7. The fourth-order valence-corrected chi connectivity index (χ4v) is 6.86. The van der Waals surface area contributed by atoms with Crippen LogP contribution in [0.15, 0.2) is 28.2 Å². The number of anilines is 1. The van der Waals surface area contributed by atoms with Gasteiger partial charge in [-0.3, -0.25) is 19.0 Å². The Kier molecular flexibility index (Phi) is 7.18. The highest BCUT2D eigenvalue weighted by Gasteiger charge is 2.27. The Labute approximate surface area is 218 Å². The minimum atomic E-state index is -0.144. The number of aryl methyl sites for hydroxylation is 2. The molecule has 2 amide bonds. The molecule has 190 valence electrons. The molecule has 1 atom stereocenters. The Balaban J connectivity index is 1.45. The molecule has 1 N–H and O–H groups in total. The van der Waals surface area contributed by atoms with Gasteiger partial charge < -0.3 is 15.0 Å². The van der Waals surface area contributed by atoms with Crippen molar-refractivity contribution in [1.29, 1.82) is 0 Å². The number of benzene rings is 1. The van der Waals surface area contributed by atoms with Crippen LogP contribution in [0.3, 0.4) is 0 Å². The third kappa shape index (κ3) is 5.07. The summed E-state index contributed by atoms with van der Waals surface area (Å²) in [7, 11) is 0. The highest BCUT2D eigenvalue weighted by Crippen LogP contribution is 2.34. The van der Waals surface area contributed by atoms with Crippen molar-refractivity contribution in [3.63, 3.8) is 0 Å². The van der Waals surface area contributed by atoms with Gasteiger partial charge in [0.2, 0.25) is 11.8 Å². The molecule has 0 unspecified atom stereocenters. The van der Waals surface area contributed by atoms with Gasteiger partial charge in [-0.2, -0.15) is 0 Å². The molecule has 0 aliphatic carbocycles. The van der Waals surface area contributed by atoms with Crippen molar-refractivity contribution in [3.05, 3.63) is 50.1 Å². The lowest BCUT2D eigenvalue weighted by Gasteiger charge is -2.25. The minimum absolute atomic E-state index is 0.0345. The lowest BCUT2D eigenvalue weighted by atomic mass is 10.1. The Bertz CT molecular complexity index is 1390. The molecule has 0 bridgehead atoms. The highest BCUT2D eigenvalue weighted by atomic mass is 32.2. The quantitative estimate of drug-likeness (QED) is 0.387. The van der Waals surface area contributed by atoms with Gasteiger partial charge in [0.15, 0.2) is 5.16 Å². The molecule has 5 rings (SSSR count). The van der Waals surface area contributed by atoms with Gasteiger partial charge in [0, 0.05) is 30.6 Å². The van der Waals surface area contributed by atoms with E-state index in [1.807, 2.05) is 32.0 Å². The number of carbonyl (C=O) groups is 2. The van der Waals surface area contributed by atoms with Gasteiger partial charge in [0.25, 0.3) is 5.56 Å².